The predicted molar refractivity (Wildman–Crippen MR) is 101 cm³/mol. The quantitative estimate of drug-likeness (QED) is 0.837. The number of carbonyl (C=O) groups is 2. The van der Waals surface area contributed by atoms with E-state index in [0.29, 0.717) is 32.6 Å². The number of hydrogen-bond donors (Lipinski definition) is 1. The number of amides is 2. The second kappa shape index (κ2) is 9.31. The van der Waals surface area contributed by atoms with E-state index in [1.807, 2.05) is 34.1 Å². The zero-order chi connectivity index (χ0) is 16.9. The van der Waals surface area contributed by atoms with E-state index in [0.717, 1.165) is 22.9 Å². The average Bonchev–Trinajstić information content (AvgIpc) is 3.16. The summed E-state index contributed by atoms with van der Waals surface area (Å²) in [6, 6.07) is 7.53. The number of ether oxygens (including phenoxy) is 1. The number of nitrogens with one attached hydrogen (secondary N) is 1. The lowest BCUT2D eigenvalue weighted by molar-refractivity contribution is -0.140. The van der Waals surface area contributed by atoms with Crippen molar-refractivity contribution in [1.82, 2.24) is 15.1 Å². The van der Waals surface area contributed by atoms with E-state index in [1.54, 1.807) is 18.9 Å². The third-order valence-corrected chi connectivity index (χ3v) is 5.39. The number of benzene rings is 1. The molecule has 1 atom stereocenters. The van der Waals surface area contributed by atoms with Crippen molar-refractivity contribution in [3.63, 3.8) is 0 Å². The molecule has 0 saturated carbocycles. The lowest BCUT2D eigenvalue weighted by atomic mass is 10.1. The molecule has 2 aliphatic rings. The second-order valence-corrected chi connectivity index (χ2v) is 7.04. The Balaban J connectivity index is 0.00000225. The maximum absolute atomic E-state index is 12.5. The Morgan fingerprint density at radius 3 is 2.60 bits per heavy atom. The van der Waals surface area contributed by atoms with Gasteiger partial charge in [-0.3, -0.25) is 14.9 Å². The van der Waals surface area contributed by atoms with E-state index in [9.17, 15) is 9.59 Å². The van der Waals surface area contributed by atoms with Gasteiger partial charge in [-0.1, -0.05) is 12.1 Å². The highest BCUT2D eigenvalue weighted by Gasteiger charge is 2.30. The van der Waals surface area contributed by atoms with Crippen LogP contribution in [0.25, 0.3) is 0 Å². The maximum atomic E-state index is 12.5. The molecule has 0 radical (unpaired) electrons. The largest absolute Gasteiger partial charge is 0.497 e. The topological polar surface area (TPSA) is 61.9 Å². The number of carbonyl (C=O) groups excluding carboxylic acids is 2. The first kappa shape index (κ1) is 19.9. The normalized spacial score (nSPS) is 20.1. The standard InChI is InChI=1S/C17H23N3O3S.ClH/c1-23-14-4-2-3-13(9-14)10-16(21)19-5-7-20(8-6-19)17(22)15-11-24-12-18-15;/h2-4,9,15,18H,5-8,10-12H2,1H3;1H. The average molecular weight is 386 g/mol. The molecule has 1 aromatic carbocycles. The molecule has 0 bridgehead atoms. The number of halogens is 1. The number of rotatable bonds is 4. The van der Waals surface area contributed by atoms with Crippen LogP contribution in [-0.2, 0) is 16.0 Å². The molecule has 6 nitrogen and oxygen atoms in total. The van der Waals surface area contributed by atoms with Gasteiger partial charge in [0.1, 0.15) is 5.75 Å². The Hall–Kier alpha value is -1.44. The maximum Gasteiger partial charge on any atom is 0.240 e. The minimum Gasteiger partial charge on any atom is -0.497 e. The van der Waals surface area contributed by atoms with Gasteiger partial charge in [-0.25, -0.2) is 0 Å². The van der Waals surface area contributed by atoms with Crippen LogP contribution in [0.2, 0.25) is 0 Å². The summed E-state index contributed by atoms with van der Waals surface area (Å²) in [5.41, 5.74) is 0.949. The Kier molecular flexibility index (Phi) is 7.40. The van der Waals surface area contributed by atoms with Crippen LogP contribution in [0.3, 0.4) is 0 Å². The van der Waals surface area contributed by atoms with Gasteiger partial charge in [-0.2, -0.15) is 0 Å². The molecule has 2 aliphatic heterocycles. The lowest BCUT2D eigenvalue weighted by Gasteiger charge is -2.36. The molecule has 1 aromatic rings. The van der Waals surface area contributed by atoms with Crippen LogP contribution < -0.4 is 10.1 Å². The highest BCUT2D eigenvalue weighted by molar-refractivity contribution is 7.99. The van der Waals surface area contributed by atoms with E-state index in [1.165, 1.54) is 0 Å². The summed E-state index contributed by atoms with van der Waals surface area (Å²) in [6.45, 7) is 2.44. The summed E-state index contributed by atoms with van der Waals surface area (Å²) in [5.74, 6) is 2.71. The molecular weight excluding hydrogens is 362 g/mol. The van der Waals surface area contributed by atoms with Crippen LogP contribution >= 0.6 is 24.2 Å². The van der Waals surface area contributed by atoms with Gasteiger partial charge in [0, 0.05) is 37.8 Å². The fourth-order valence-corrected chi connectivity index (χ4v) is 3.95. The van der Waals surface area contributed by atoms with Gasteiger partial charge in [0.2, 0.25) is 11.8 Å². The lowest BCUT2D eigenvalue weighted by Crippen LogP contribution is -2.54. The molecule has 3 rings (SSSR count). The Labute approximate surface area is 158 Å². The Morgan fingerprint density at radius 1 is 1.24 bits per heavy atom. The van der Waals surface area contributed by atoms with Crippen molar-refractivity contribution in [2.24, 2.45) is 0 Å². The number of hydrogen-bond acceptors (Lipinski definition) is 5. The van der Waals surface area contributed by atoms with E-state index >= 15 is 0 Å². The predicted octanol–water partition coefficient (Wildman–Crippen LogP) is 0.993. The van der Waals surface area contributed by atoms with Crippen LogP contribution in [-0.4, -0.2) is 72.6 Å². The number of thioether (sulfide) groups is 1. The molecule has 2 fully saturated rings. The summed E-state index contributed by atoms with van der Waals surface area (Å²) in [5, 5.41) is 3.21. The Morgan fingerprint density at radius 2 is 1.96 bits per heavy atom. The van der Waals surface area contributed by atoms with Crippen molar-refractivity contribution in [3.05, 3.63) is 29.8 Å². The van der Waals surface area contributed by atoms with Crippen molar-refractivity contribution in [3.8, 4) is 5.75 Å². The van der Waals surface area contributed by atoms with E-state index < -0.39 is 0 Å². The summed E-state index contributed by atoms with van der Waals surface area (Å²) in [6.07, 6.45) is 0.367. The summed E-state index contributed by atoms with van der Waals surface area (Å²) in [7, 11) is 1.62. The van der Waals surface area contributed by atoms with Gasteiger partial charge in [0.25, 0.3) is 0 Å². The summed E-state index contributed by atoms with van der Waals surface area (Å²) < 4.78 is 5.19. The molecule has 0 aromatic heterocycles. The van der Waals surface area contributed by atoms with Crippen molar-refractivity contribution >= 4 is 36.0 Å². The minimum absolute atomic E-state index is 0. The van der Waals surface area contributed by atoms with Crippen molar-refractivity contribution in [2.45, 2.75) is 12.5 Å². The van der Waals surface area contributed by atoms with Gasteiger partial charge in [0.15, 0.2) is 0 Å². The first-order chi connectivity index (χ1) is 11.7. The van der Waals surface area contributed by atoms with Gasteiger partial charge >= 0.3 is 0 Å². The van der Waals surface area contributed by atoms with Crippen molar-refractivity contribution in [1.29, 1.82) is 0 Å². The van der Waals surface area contributed by atoms with Gasteiger partial charge < -0.3 is 14.5 Å². The number of nitrogens with zero attached hydrogens (tertiary/aromatic N) is 2. The zero-order valence-electron chi connectivity index (χ0n) is 14.3. The highest BCUT2D eigenvalue weighted by Crippen LogP contribution is 2.16. The molecular formula is C17H24ClN3O3S. The monoisotopic (exact) mass is 385 g/mol. The summed E-state index contributed by atoms with van der Waals surface area (Å²) >= 11 is 1.75. The molecule has 2 amide bonds. The van der Waals surface area contributed by atoms with E-state index in [2.05, 4.69) is 5.32 Å². The molecule has 1 unspecified atom stereocenters. The minimum atomic E-state index is -0.0611. The number of methoxy groups -OCH3 is 1. The third kappa shape index (κ3) is 5.03. The van der Waals surface area contributed by atoms with Crippen molar-refractivity contribution in [2.75, 3.05) is 44.9 Å². The number of piperazine rings is 1. The smallest absolute Gasteiger partial charge is 0.240 e. The van der Waals surface area contributed by atoms with Crippen LogP contribution in [0.15, 0.2) is 24.3 Å². The van der Waals surface area contributed by atoms with E-state index in [-0.39, 0.29) is 30.3 Å². The van der Waals surface area contributed by atoms with Crippen molar-refractivity contribution < 1.29 is 14.3 Å². The van der Waals surface area contributed by atoms with Crippen LogP contribution in [0.1, 0.15) is 5.56 Å². The molecule has 2 saturated heterocycles. The summed E-state index contributed by atoms with van der Waals surface area (Å²) in [4.78, 5) is 28.6. The van der Waals surface area contributed by atoms with Crippen LogP contribution in [0.5, 0.6) is 5.75 Å². The SMILES string of the molecule is COc1cccc(CC(=O)N2CCN(C(=O)C3CSCN3)CC2)c1.Cl. The van der Waals surface area contributed by atoms with E-state index in [4.69, 9.17) is 4.74 Å². The first-order valence-electron chi connectivity index (χ1n) is 8.18. The molecule has 0 aliphatic carbocycles. The first-order valence-corrected chi connectivity index (χ1v) is 9.33. The molecule has 25 heavy (non-hydrogen) atoms. The molecule has 8 heteroatoms. The van der Waals surface area contributed by atoms with Crippen LogP contribution in [0, 0.1) is 0 Å². The molecule has 1 N–H and O–H groups in total. The Bertz CT molecular complexity index is 603. The molecule has 0 spiro atoms. The van der Waals surface area contributed by atoms with Gasteiger partial charge in [-0.05, 0) is 17.7 Å². The fraction of sp³-hybridized carbons (Fsp3) is 0.529. The molecule has 2 heterocycles. The van der Waals surface area contributed by atoms with Crippen LogP contribution in [0.4, 0.5) is 0 Å². The highest BCUT2D eigenvalue weighted by atomic mass is 35.5. The second-order valence-electron chi connectivity index (χ2n) is 6.01. The zero-order valence-corrected chi connectivity index (χ0v) is 15.9. The third-order valence-electron chi connectivity index (χ3n) is 4.45. The van der Waals surface area contributed by atoms with Gasteiger partial charge in [0.05, 0.1) is 19.6 Å². The molecule has 138 valence electrons. The van der Waals surface area contributed by atoms with Gasteiger partial charge in [-0.15, -0.1) is 24.2 Å². The fourth-order valence-electron chi connectivity index (χ4n) is 3.02.